The molecule has 1 aliphatic rings. The second-order valence-electron chi connectivity index (χ2n) is 8.37. The molecular weight excluding hydrogens is 390 g/mol. The van der Waals surface area contributed by atoms with Crippen molar-refractivity contribution < 1.29 is 13.9 Å². The van der Waals surface area contributed by atoms with E-state index in [0.717, 1.165) is 37.0 Å². The molecule has 1 fully saturated rings. The molecule has 0 unspecified atom stereocenters. The van der Waals surface area contributed by atoms with Crippen molar-refractivity contribution in [1.82, 2.24) is 4.90 Å². The Morgan fingerprint density at radius 2 is 1.77 bits per heavy atom. The second kappa shape index (κ2) is 9.56. The Morgan fingerprint density at radius 1 is 1.03 bits per heavy atom. The molecule has 4 rings (SSSR count). The number of aryl methyl sites for hydroxylation is 1. The average molecular weight is 422 g/mol. The third kappa shape index (κ3) is 4.77. The summed E-state index contributed by atoms with van der Waals surface area (Å²) in [5.74, 6) is 1.96. The zero-order valence-electron chi connectivity index (χ0n) is 18.6. The normalized spacial score (nSPS) is 15.3. The fourth-order valence-electron chi connectivity index (χ4n) is 4.41. The third-order valence-corrected chi connectivity index (χ3v) is 6.48. The molecule has 2 heterocycles. The maximum Gasteiger partial charge on any atom is 0.339 e. The highest BCUT2D eigenvalue weighted by Crippen LogP contribution is 2.34. The number of likely N-dealkylation sites (tertiary alicyclic amines) is 1. The first-order valence-electron chi connectivity index (χ1n) is 11.1. The number of ether oxygens (including phenoxy) is 2. The van der Waals surface area contributed by atoms with Crippen LogP contribution in [0.3, 0.4) is 0 Å². The summed E-state index contributed by atoms with van der Waals surface area (Å²) in [6.45, 7) is 7.64. The van der Waals surface area contributed by atoms with E-state index in [-0.39, 0.29) is 5.63 Å². The van der Waals surface area contributed by atoms with Gasteiger partial charge in [0, 0.05) is 23.6 Å². The van der Waals surface area contributed by atoms with Crippen LogP contribution in [0, 0.1) is 13.8 Å². The first-order valence-corrected chi connectivity index (χ1v) is 11.1. The van der Waals surface area contributed by atoms with E-state index in [1.54, 1.807) is 20.1 Å². The van der Waals surface area contributed by atoms with Crippen molar-refractivity contribution in [2.45, 2.75) is 39.0 Å². The Labute approximate surface area is 183 Å². The smallest absolute Gasteiger partial charge is 0.339 e. The Bertz CT molecular complexity index is 1080. The van der Waals surface area contributed by atoms with E-state index in [1.165, 1.54) is 18.4 Å². The third-order valence-electron chi connectivity index (χ3n) is 6.48. The topological polar surface area (TPSA) is 51.9 Å². The van der Waals surface area contributed by atoms with Gasteiger partial charge in [0.15, 0.2) is 11.5 Å². The lowest BCUT2D eigenvalue weighted by atomic mass is 9.89. The Morgan fingerprint density at radius 3 is 2.48 bits per heavy atom. The summed E-state index contributed by atoms with van der Waals surface area (Å²) in [5, 5.41) is 0.885. The highest BCUT2D eigenvalue weighted by molar-refractivity contribution is 5.84. The standard InChI is InChI=1S/C26H31NO4/c1-18-19(2)26(28)31-23-17-24(29-3)25(16-22(18)23)30-15-7-12-27-13-10-21(11-14-27)20-8-5-4-6-9-20/h4-6,8-9,16-17,21H,7,10-15H2,1-3H3. The zero-order valence-corrected chi connectivity index (χ0v) is 18.6. The van der Waals surface area contributed by atoms with E-state index in [9.17, 15) is 4.79 Å². The van der Waals surface area contributed by atoms with Crippen LogP contribution < -0.4 is 15.1 Å². The fourth-order valence-corrected chi connectivity index (χ4v) is 4.41. The van der Waals surface area contributed by atoms with Gasteiger partial charge >= 0.3 is 5.63 Å². The van der Waals surface area contributed by atoms with E-state index < -0.39 is 0 Å². The molecule has 1 aromatic heterocycles. The lowest BCUT2D eigenvalue weighted by Gasteiger charge is -2.32. The average Bonchev–Trinajstić information content (AvgIpc) is 2.81. The van der Waals surface area contributed by atoms with E-state index in [2.05, 4.69) is 35.2 Å². The van der Waals surface area contributed by atoms with Crippen molar-refractivity contribution in [2.24, 2.45) is 0 Å². The van der Waals surface area contributed by atoms with Crippen molar-refractivity contribution in [3.05, 3.63) is 69.6 Å². The SMILES string of the molecule is COc1cc2oc(=O)c(C)c(C)c2cc1OCCCN1CCC(c2ccccc2)CC1. The number of methoxy groups -OCH3 is 1. The summed E-state index contributed by atoms with van der Waals surface area (Å²) >= 11 is 0. The molecule has 0 radical (unpaired) electrons. The zero-order chi connectivity index (χ0) is 21.8. The van der Waals surface area contributed by atoms with Crippen molar-refractivity contribution >= 4 is 11.0 Å². The molecule has 0 atom stereocenters. The molecule has 0 N–H and O–H groups in total. The largest absolute Gasteiger partial charge is 0.493 e. The second-order valence-corrected chi connectivity index (χ2v) is 8.37. The Balaban J connectivity index is 1.32. The van der Waals surface area contributed by atoms with Gasteiger partial charge in [-0.2, -0.15) is 0 Å². The summed E-state index contributed by atoms with van der Waals surface area (Å²) in [6.07, 6.45) is 3.39. The molecule has 3 aromatic rings. The van der Waals surface area contributed by atoms with Crippen molar-refractivity contribution in [2.75, 3.05) is 33.4 Å². The van der Waals surface area contributed by atoms with Crippen LogP contribution in [-0.4, -0.2) is 38.3 Å². The molecule has 5 nitrogen and oxygen atoms in total. The van der Waals surface area contributed by atoms with Gasteiger partial charge in [-0.3, -0.25) is 0 Å². The lowest BCUT2D eigenvalue weighted by Crippen LogP contribution is -2.34. The summed E-state index contributed by atoms with van der Waals surface area (Å²) < 4.78 is 17.0. The maximum atomic E-state index is 12.0. The number of fused-ring (bicyclic) bond motifs is 1. The van der Waals surface area contributed by atoms with Crippen LogP contribution in [0.25, 0.3) is 11.0 Å². The first kappa shape index (κ1) is 21.4. The molecule has 0 aliphatic carbocycles. The van der Waals surface area contributed by atoms with Crippen molar-refractivity contribution in [3.63, 3.8) is 0 Å². The molecule has 5 heteroatoms. The minimum atomic E-state index is -0.309. The maximum absolute atomic E-state index is 12.0. The van der Waals surface area contributed by atoms with Crippen LogP contribution in [0.15, 0.2) is 51.7 Å². The van der Waals surface area contributed by atoms with Crippen LogP contribution in [0.4, 0.5) is 0 Å². The Kier molecular flexibility index (Phi) is 6.62. The molecule has 0 spiro atoms. The number of hydrogen-bond acceptors (Lipinski definition) is 5. The molecule has 0 amide bonds. The number of nitrogens with zero attached hydrogens (tertiary/aromatic N) is 1. The van der Waals surface area contributed by atoms with Gasteiger partial charge in [-0.25, -0.2) is 4.79 Å². The van der Waals surface area contributed by atoms with Crippen LogP contribution in [0.5, 0.6) is 11.5 Å². The van der Waals surface area contributed by atoms with Gasteiger partial charge in [-0.15, -0.1) is 0 Å². The van der Waals surface area contributed by atoms with E-state index in [4.69, 9.17) is 13.9 Å². The predicted molar refractivity (Wildman–Crippen MR) is 123 cm³/mol. The van der Waals surface area contributed by atoms with Gasteiger partial charge in [0.1, 0.15) is 5.58 Å². The van der Waals surface area contributed by atoms with Crippen LogP contribution in [-0.2, 0) is 0 Å². The molecular formula is C26H31NO4. The highest BCUT2D eigenvalue weighted by atomic mass is 16.5. The lowest BCUT2D eigenvalue weighted by molar-refractivity contribution is 0.191. The fraction of sp³-hybridized carbons (Fsp3) is 0.423. The minimum absolute atomic E-state index is 0.309. The molecule has 0 bridgehead atoms. The molecule has 0 saturated carbocycles. The van der Waals surface area contributed by atoms with Gasteiger partial charge < -0.3 is 18.8 Å². The van der Waals surface area contributed by atoms with E-state index in [1.807, 2.05) is 13.0 Å². The number of piperidine rings is 1. The van der Waals surface area contributed by atoms with Gasteiger partial charge in [0.25, 0.3) is 0 Å². The molecule has 1 saturated heterocycles. The number of benzene rings is 2. The highest BCUT2D eigenvalue weighted by Gasteiger charge is 2.20. The van der Waals surface area contributed by atoms with Crippen molar-refractivity contribution in [1.29, 1.82) is 0 Å². The van der Waals surface area contributed by atoms with Gasteiger partial charge in [0.05, 0.1) is 13.7 Å². The van der Waals surface area contributed by atoms with Gasteiger partial charge in [0.2, 0.25) is 0 Å². The molecule has 164 valence electrons. The number of hydrogen-bond donors (Lipinski definition) is 0. The monoisotopic (exact) mass is 421 g/mol. The summed E-state index contributed by atoms with van der Waals surface area (Å²) in [5.41, 5.74) is 3.23. The molecule has 2 aromatic carbocycles. The van der Waals surface area contributed by atoms with E-state index in [0.29, 0.717) is 35.2 Å². The van der Waals surface area contributed by atoms with E-state index >= 15 is 0 Å². The molecule has 31 heavy (non-hydrogen) atoms. The van der Waals surface area contributed by atoms with Crippen molar-refractivity contribution in [3.8, 4) is 11.5 Å². The minimum Gasteiger partial charge on any atom is -0.493 e. The summed E-state index contributed by atoms with van der Waals surface area (Å²) in [6, 6.07) is 14.5. The number of rotatable bonds is 7. The van der Waals surface area contributed by atoms with Crippen LogP contribution >= 0.6 is 0 Å². The van der Waals surface area contributed by atoms with Gasteiger partial charge in [-0.1, -0.05) is 30.3 Å². The predicted octanol–water partition coefficient (Wildman–Crippen LogP) is 5.07. The molecule has 1 aliphatic heterocycles. The van der Waals surface area contributed by atoms with Crippen LogP contribution in [0.1, 0.15) is 41.9 Å². The quantitative estimate of drug-likeness (QED) is 0.394. The first-order chi connectivity index (χ1) is 15.1. The summed E-state index contributed by atoms with van der Waals surface area (Å²) in [4.78, 5) is 14.5. The van der Waals surface area contributed by atoms with Gasteiger partial charge in [-0.05, 0) is 69.3 Å². The Hall–Kier alpha value is -2.79. The summed E-state index contributed by atoms with van der Waals surface area (Å²) in [7, 11) is 1.60. The van der Waals surface area contributed by atoms with Crippen LogP contribution in [0.2, 0.25) is 0 Å².